The second-order valence-corrected chi connectivity index (χ2v) is 6.50. The molecule has 2 fully saturated rings. The van der Waals surface area contributed by atoms with Gasteiger partial charge in [0.2, 0.25) is 5.91 Å². The molecule has 3 atom stereocenters. The Labute approximate surface area is 117 Å². The predicted octanol–water partition coefficient (Wildman–Crippen LogP) is 1.49. The number of rotatable bonds is 5. The number of amides is 1. The van der Waals surface area contributed by atoms with Gasteiger partial charge in [-0.2, -0.15) is 0 Å². The fraction of sp³-hybridized carbons (Fsp3) is 0.933. The van der Waals surface area contributed by atoms with Crippen LogP contribution in [0.5, 0.6) is 0 Å². The predicted molar refractivity (Wildman–Crippen MR) is 77.8 cm³/mol. The minimum Gasteiger partial charge on any atom is -0.353 e. The quantitative estimate of drug-likeness (QED) is 0.793. The fourth-order valence-electron chi connectivity index (χ4n) is 3.51. The molecule has 110 valence electrons. The lowest BCUT2D eigenvalue weighted by atomic mass is 9.93. The molecule has 1 aliphatic heterocycles. The standard InChI is InChI=1S/C15H29N3O/c1-18-9-3-5-12(11-18)4-2-6-15(19)17-14-8-7-13(16)10-14/h12-14H,2-11,16H2,1H3,(H,17,19). The summed E-state index contributed by atoms with van der Waals surface area (Å²) in [7, 11) is 2.20. The summed E-state index contributed by atoms with van der Waals surface area (Å²) < 4.78 is 0. The monoisotopic (exact) mass is 267 g/mol. The Balaban J connectivity index is 1.56. The first kappa shape index (κ1) is 14.8. The van der Waals surface area contributed by atoms with Crippen LogP contribution in [0.2, 0.25) is 0 Å². The molecule has 2 rings (SSSR count). The molecule has 2 aliphatic rings. The van der Waals surface area contributed by atoms with Crippen molar-refractivity contribution in [1.82, 2.24) is 10.2 Å². The largest absolute Gasteiger partial charge is 0.353 e. The van der Waals surface area contributed by atoms with Gasteiger partial charge in [0.15, 0.2) is 0 Å². The molecule has 0 aromatic carbocycles. The molecule has 0 aromatic rings. The maximum atomic E-state index is 11.8. The molecule has 4 heteroatoms. The van der Waals surface area contributed by atoms with E-state index >= 15 is 0 Å². The van der Waals surface area contributed by atoms with E-state index in [0.29, 0.717) is 18.5 Å². The number of nitrogens with one attached hydrogen (secondary N) is 1. The number of likely N-dealkylation sites (tertiary alicyclic amines) is 1. The zero-order chi connectivity index (χ0) is 13.7. The molecule has 1 saturated heterocycles. The van der Waals surface area contributed by atoms with Crippen LogP contribution in [0, 0.1) is 5.92 Å². The first-order chi connectivity index (χ1) is 9.13. The summed E-state index contributed by atoms with van der Waals surface area (Å²) in [5.74, 6) is 1.02. The highest BCUT2D eigenvalue weighted by Gasteiger charge is 2.23. The Bertz CT molecular complexity index is 295. The Morgan fingerprint density at radius 1 is 1.37 bits per heavy atom. The van der Waals surface area contributed by atoms with Gasteiger partial charge < -0.3 is 16.0 Å². The summed E-state index contributed by atoms with van der Waals surface area (Å²) in [5.41, 5.74) is 5.86. The van der Waals surface area contributed by atoms with Crippen molar-refractivity contribution in [1.29, 1.82) is 0 Å². The van der Waals surface area contributed by atoms with Crippen molar-refractivity contribution in [3.05, 3.63) is 0 Å². The van der Waals surface area contributed by atoms with E-state index < -0.39 is 0 Å². The normalized spacial score (nSPS) is 32.4. The topological polar surface area (TPSA) is 58.4 Å². The summed E-state index contributed by atoms with van der Waals surface area (Å²) in [6, 6.07) is 0.631. The van der Waals surface area contributed by atoms with Gasteiger partial charge in [-0.15, -0.1) is 0 Å². The third kappa shape index (κ3) is 5.11. The number of piperidine rings is 1. The first-order valence-corrected chi connectivity index (χ1v) is 7.87. The second-order valence-electron chi connectivity index (χ2n) is 6.50. The Kier molecular flexibility index (Phi) is 5.64. The second kappa shape index (κ2) is 7.25. The average molecular weight is 267 g/mol. The number of carbonyl (C=O) groups is 1. The zero-order valence-electron chi connectivity index (χ0n) is 12.2. The number of hydrogen-bond donors (Lipinski definition) is 2. The molecule has 1 heterocycles. The molecule has 19 heavy (non-hydrogen) atoms. The van der Waals surface area contributed by atoms with Crippen LogP contribution in [0.1, 0.15) is 51.4 Å². The molecule has 4 nitrogen and oxygen atoms in total. The Hall–Kier alpha value is -0.610. The van der Waals surface area contributed by atoms with Gasteiger partial charge >= 0.3 is 0 Å². The van der Waals surface area contributed by atoms with Crippen molar-refractivity contribution in [3.8, 4) is 0 Å². The van der Waals surface area contributed by atoms with Gasteiger partial charge in [-0.1, -0.05) is 0 Å². The van der Waals surface area contributed by atoms with Gasteiger partial charge in [0.25, 0.3) is 0 Å². The van der Waals surface area contributed by atoms with Gasteiger partial charge in [-0.3, -0.25) is 4.79 Å². The molecule has 3 unspecified atom stereocenters. The average Bonchev–Trinajstić information content (AvgIpc) is 2.75. The van der Waals surface area contributed by atoms with Crippen LogP contribution < -0.4 is 11.1 Å². The van der Waals surface area contributed by atoms with E-state index in [-0.39, 0.29) is 5.91 Å². The molecule has 0 radical (unpaired) electrons. The molecular weight excluding hydrogens is 238 g/mol. The minimum atomic E-state index is 0.225. The maximum absolute atomic E-state index is 11.8. The van der Waals surface area contributed by atoms with E-state index in [4.69, 9.17) is 5.73 Å². The van der Waals surface area contributed by atoms with Gasteiger partial charge in [0.05, 0.1) is 0 Å². The third-order valence-corrected chi connectivity index (χ3v) is 4.58. The van der Waals surface area contributed by atoms with Gasteiger partial charge in [0, 0.05) is 25.0 Å². The molecular formula is C15H29N3O. The molecule has 1 aliphatic carbocycles. The van der Waals surface area contributed by atoms with Crippen LogP contribution >= 0.6 is 0 Å². The van der Waals surface area contributed by atoms with E-state index in [1.54, 1.807) is 0 Å². The van der Waals surface area contributed by atoms with Crippen molar-refractivity contribution >= 4 is 5.91 Å². The van der Waals surface area contributed by atoms with Crippen molar-refractivity contribution in [2.75, 3.05) is 20.1 Å². The van der Waals surface area contributed by atoms with Crippen molar-refractivity contribution in [3.63, 3.8) is 0 Å². The zero-order valence-corrected chi connectivity index (χ0v) is 12.2. The maximum Gasteiger partial charge on any atom is 0.220 e. The first-order valence-electron chi connectivity index (χ1n) is 7.87. The van der Waals surface area contributed by atoms with Crippen molar-refractivity contribution in [2.24, 2.45) is 11.7 Å². The molecule has 1 amide bonds. The Morgan fingerprint density at radius 2 is 2.21 bits per heavy atom. The third-order valence-electron chi connectivity index (χ3n) is 4.58. The minimum absolute atomic E-state index is 0.225. The van der Waals surface area contributed by atoms with Crippen molar-refractivity contribution in [2.45, 2.75) is 63.5 Å². The summed E-state index contributed by atoms with van der Waals surface area (Å²) in [6.45, 7) is 2.44. The summed E-state index contributed by atoms with van der Waals surface area (Å²) in [4.78, 5) is 14.3. The van der Waals surface area contributed by atoms with Gasteiger partial charge in [-0.25, -0.2) is 0 Å². The number of nitrogens with two attached hydrogens (primary N) is 1. The van der Waals surface area contributed by atoms with Crippen LogP contribution in [0.15, 0.2) is 0 Å². The summed E-state index contributed by atoms with van der Waals surface area (Å²) in [6.07, 6.45) is 8.63. The van der Waals surface area contributed by atoms with Crippen LogP contribution in [0.3, 0.4) is 0 Å². The lowest BCUT2D eigenvalue weighted by molar-refractivity contribution is -0.121. The van der Waals surface area contributed by atoms with Crippen LogP contribution in [-0.2, 0) is 4.79 Å². The molecule has 0 aromatic heterocycles. The lowest BCUT2D eigenvalue weighted by Gasteiger charge is -2.29. The van der Waals surface area contributed by atoms with E-state index in [9.17, 15) is 4.79 Å². The van der Waals surface area contributed by atoms with E-state index in [1.165, 1.54) is 32.4 Å². The highest BCUT2D eigenvalue weighted by atomic mass is 16.1. The number of nitrogens with zero attached hydrogens (tertiary/aromatic N) is 1. The number of carbonyl (C=O) groups excluding carboxylic acids is 1. The SMILES string of the molecule is CN1CCCC(CCCC(=O)NC2CCC(N)C2)C1. The van der Waals surface area contributed by atoms with Crippen molar-refractivity contribution < 1.29 is 4.79 Å². The smallest absolute Gasteiger partial charge is 0.220 e. The molecule has 3 N–H and O–H groups in total. The van der Waals surface area contributed by atoms with Crippen LogP contribution in [0.25, 0.3) is 0 Å². The number of hydrogen-bond acceptors (Lipinski definition) is 3. The van der Waals surface area contributed by atoms with E-state index in [0.717, 1.165) is 31.6 Å². The van der Waals surface area contributed by atoms with Gasteiger partial charge in [0.1, 0.15) is 0 Å². The highest BCUT2D eigenvalue weighted by Crippen LogP contribution is 2.21. The highest BCUT2D eigenvalue weighted by molar-refractivity contribution is 5.76. The van der Waals surface area contributed by atoms with Crippen LogP contribution in [0.4, 0.5) is 0 Å². The van der Waals surface area contributed by atoms with E-state index in [2.05, 4.69) is 17.3 Å². The summed E-state index contributed by atoms with van der Waals surface area (Å²) >= 11 is 0. The molecule has 0 spiro atoms. The van der Waals surface area contributed by atoms with E-state index in [1.807, 2.05) is 0 Å². The lowest BCUT2D eigenvalue weighted by Crippen LogP contribution is -2.34. The van der Waals surface area contributed by atoms with Crippen LogP contribution in [-0.4, -0.2) is 43.0 Å². The molecule has 1 saturated carbocycles. The summed E-state index contributed by atoms with van der Waals surface area (Å²) in [5, 5.41) is 3.13. The molecule has 0 bridgehead atoms. The Morgan fingerprint density at radius 3 is 2.89 bits per heavy atom. The van der Waals surface area contributed by atoms with Gasteiger partial charge in [-0.05, 0) is 64.5 Å². The fourth-order valence-corrected chi connectivity index (χ4v) is 3.51.